The number of quaternary nitrogens is 1. The summed E-state index contributed by atoms with van der Waals surface area (Å²) in [5, 5.41) is 2.28. The summed E-state index contributed by atoms with van der Waals surface area (Å²) in [6.07, 6.45) is 0. The van der Waals surface area contributed by atoms with Crippen LogP contribution in [0, 0.1) is 0 Å². The van der Waals surface area contributed by atoms with Crippen molar-refractivity contribution in [2.45, 2.75) is 6.54 Å². The largest absolute Gasteiger partial charge is 0.496 e. The number of para-hydroxylation sites is 1. The molecule has 1 heterocycles. The molecule has 5 heteroatoms. The molecule has 3 aromatic carbocycles. The average molecular weight is 391 g/mol. The first-order chi connectivity index (χ1) is 14.2. The molecule has 1 N–H and O–H groups in total. The number of nitrogens with one attached hydrogen (secondary N) is 1. The van der Waals surface area contributed by atoms with Crippen molar-refractivity contribution in [3.63, 3.8) is 0 Å². The standard InChI is InChI=1S/C24H26N2O3/c1-28-23-9-5-4-8-21(23)17-25-12-14-26(15-13-25)24(27)18-29-22-11-10-19-6-2-3-7-20(19)16-22/h2-11,16H,12-15,17-18H2,1H3/p+1. The number of ether oxygens (including phenoxy) is 2. The zero-order chi connectivity index (χ0) is 20.1. The topological polar surface area (TPSA) is 43.2 Å². The number of benzene rings is 3. The van der Waals surface area contributed by atoms with E-state index in [1.807, 2.05) is 59.5 Å². The molecule has 0 spiro atoms. The molecular formula is C24H27N2O3+. The van der Waals surface area contributed by atoms with E-state index in [9.17, 15) is 4.79 Å². The number of hydrogen-bond acceptors (Lipinski definition) is 3. The lowest BCUT2D eigenvalue weighted by atomic mass is 10.1. The molecule has 1 aliphatic heterocycles. The van der Waals surface area contributed by atoms with E-state index in [2.05, 4.69) is 12.1 Å². The summed E-state index contributed by atoms with van der Waals surface area (Å²) in [4.78, 5) is 15.9. The van der Waals surface area contributed by atoms with Crippen LogP contribution in [0.5, 0.6) is 11.5 Å². The first-order valence-electron chi connectivity index (χ1n) is 10.1. The van der Waals surface area contributed by atoms with Gasteiger partial charge in [-0.3, -0.25) is 4.79 Å². The summed E-state index contributed by atoms with van der Waals surface area (Å²) < 4.78 is 11.2. The van der Waals surface area contributed by atoms with Crippen molar-refractivity contribution in [2.75, 3.05) is 39.9 Å². The number of carbonyl (C=O) groups excluding carboxylic acids is 1. The lowest BCUT2D eigenvalue weighted by Gasteiger charge is -2.32. The lowest BCUT2D eigenvalue weighted by molar-refractivity contribution is -0.917. The fourth-order valence-electron chi connectivity index (χ4n) is 3.86. The quantitative estimate of drug-likeness (QED) is 0.700. The highest BCUT2D eigenvalue weighted by Gasteiger charge is 2.24. The third-order valence-corrected chi connectivity index (χ3v) is 5.54. The predicted octanol–water partition coefficient (Wildman–Crippen LogP) is 2.15. The first-order valence-corrected chi connectivity index (χ1v) is 10.1. The summed E-state index contributed by atoms with van der Waals surface area (Å²) in [6.45, 7) is 4.37. The lowest BCUT2D eigenvalue weighted by Crippen LogP contribution is -3.13. The maximum atomic E-state index is 12.6. The molecule has 4 rings (SSSR count). The van der Waals surface area contributed by atoms with Gasteiger partial charge in [-0.1, -0.05) is 42.5 Å². The molecule has 29 heavy (non-hydrogen) atoms. The van der Waals surface area contributed by atoms with Crippen molar-refractivity contribution in [1.82, 2.24) is 4.90 Å². The smallest absolute Gasteiger partial charge is 0.260 e. The van der Waals surface area contributed by atoms with Gasteiger partial charge in [-0.25, -0.2) is 0 Å². The second kappa shape index (κ2) is 8.97. The summed E-state index contributed by atoms with van der Waals surface area (Å²) in [6, 6.07) is 22.2. The summed E-state index contributed by atoms with van der Waals surface area (Å²) in [5.74, 6) is 1.72. The molecule has 1 fully saturated rings. The van der Waals surface area contributed by atoms with Crippen LogP contribution in [0.4, 0.5) is 0 Å². The molecule has 0 unspecified atom stereocenters. The summed E-state index contributed by atoms with van der Waals surface area (Å²) in [5.41, 5.74) is 1.21. The van der Waals surface area contributed by atoms with Crippen LogP contribution < -0.4 is 14.4 Å². The third-order valence-electron chi connectivity index (χ3n) is 5.54. The van der Waals surface area contributed by atoms with Crippen molar-refractivity contribution in [3.8, 4) is 11.5 Å². The molecule has 0 radical (unpaired) electrons. The van der Waals surface area contributed by atoms with E-state index < -0.39 is 0 Å². The number of hydrogen-bond donors (Lipinski definition) is 1. The third kappa shape index (κ3) is 4.69. The average Bonchev–Trinajstić information content (AvgIpc) is 2.78. The van der Waals surface area contributed by atoms with Crippen molar-refractivity contribution in [3.05, 3.63) is 72.3 Å². The molecule has 1 amide bonds. The summed E-state index contributed by atoms with van der Waals surface area (Å²) >= 11 is 0. The van der Waals surface area contributed by atoms with Crippen molar-refractivity contribution < 1.29 is 19.2 Å². The Balaban J connectivity index is 1.27. The molecule has 3 aromatic rings. The fraction of sp³-hybridized carbons (Fsp3) is 0.292. The molecule has 0 aromatic heterocycles. The van der Waals surface area contributed by atoms with Crippen LogP contribution in [-0.2, 0) is 11.3 Å². The van der Waals surface area contributed by atoms with Crippen LogP contribution >= 0.6 is 0 Å². The second-order valence-corrected chi connectivity index (χ2v) is 7.42. The predicted molar refractivity (Wildman–Crippen MR) is 113 cm³/mol. The van der Waals surface area contributed by atoms with Gasteiger partial charge in [0, 0.05) is 5.56 Å². The van der Waals surface area contributed by atoms with Crippen LogP contribution in [0.2, 0.25) is 0 Å². The van der Waals surface area contributed by atoms with E-state index >= 15 is 0 Å². The highest BCUT2D eigenvalue weighted by molar-refractivity contribution is 5.84. The van der Waals surface area contributed by atoms with Crippen LogP contribution in [0.3, 0.4) is 0 Å². The van der Waals surface area contributed by atoms with Gasteiger partial charge in [-0.15, -0.1) is 0 Å². The number of carbonyl (C=O) groups is 1. The van der Waals surface area contributed by atoms with Crippen LogP contribution in [-0.4, -0.2) is 50.7 Å². The van der Waals surface area contributed by atoms with Gasteiger partial charge in [0.15, 0.2) is 6.61 Å². The normalized spacial score (nSPS) is 14.7. The van der Waals surface area contributed by atoms with Gasteiger partial charge in [-0.2, -0.15) is 0 Å². The Morgan fingerprint density at radius 3 is 2.48 bits per heavy atom. The molecule has 0 atom stereocenters. The van der Waals surface area contributed by atoms with E-state index in [1.165, 1.54) is 15.8 Å². The van der Waals surface area contributed by atoms with Crippen molar-refractivity contribution >= 4 is 16.7 Å². The van der Waals surface area contributed by atoms with Gasteiger partial charge < -0.3 is 19.3 Å². The Hall–Kier alpha value is -3.05. The number of amides is 1. The highest BCUT2D eigenvalue weighted by Crippen LogP contribution is 2.20. The van der Waals surface area contributed by atoms with E-state index in [0.717, 1.165) is 49.6 Å². The maximum Gasteiger partial charge on any atom is 0.260 e. The molecule has 0 bridgehead atoms. The minimum atomic E-state index is 0.0505. The van der Waals surface area contributed by atoms with Crippen LogP contribution in [0.1, 0.15) is 5.56 Å². The van der Waals surface area contributed by atoms with Gasteiger partial charge in [0.1, 0.15) is 18.0 Å². The molecule has 0 saturated carbocycles. The number of rotatable bonds is 6. The number of nitrogens with zero attached hydrogens (tertiary/aromatic N) is 1. The summed E-state index contributed by atoms with van der Waals surface area (Å²) in [7, 11) is 1.71. The van der Waals surface area contributed by atoms with Crippen molar-refractivity contribution in [1.29, 1.82) is 0 Å². The molecule has 1 aliphatic rings. The monoisotopic (exact) mass is 391 g/mol. The van der Waals surface area contributed by atoms with Gasteiger partial charge in [0.25, 0.3) is 5.91 Å². The molecule has 1 saturated heterocycles. The van der Waals surface area contributed by atoms with E-state index in [-0.39, 0.29) is 12.5 Å². The first kappa shape index (κ1) is 19.3. The number of methoxy groups -OCH3 is 1. The number of piperazine rings is 1. The highest BCUT2D eigenvalue weighted by atomic mass is 16.5. The van der Waals surface area contributed by atoms with Crippen LogP contribution in [0.25, 0.3) is 10.8 Å². The maximum absolute atomic E-state index is 12.6. The second-order valence-electron chi connectivity index (χ2n) is 7.42. The molecule has 0 aliphatic carbocycles. The minimum Gasteiger partial charge on any atom is -0.496 e. The zero-order valence-electron chi connectivity index (χ0n) is 16.8. The van der Waals surface area contributed by atoms with E-state index in [1.54, 1.807) is 7.11 Å². The molecule has 5 nitrogen and oxygen atoms in total. The van der Waals surface area contributed by atoms with E-state index in [0.29, 0.717) is 0 Å². The zero-order valence-corrected chi connectivity index (χ0v) is 16.8. The molecule has 150 valence electrons. The van der Waals surface area contributed by atoms with Gasteiger partial charge >= 0.3 is 0 Å². The Kier molecular flexibility index (Phi) is 5.96. The van der Waals surface area contributed by atoms with E-state index in [4.69, 9.17) is 9.47 Å². The van der Waals surface area contributed by atoms with Gasteiger partial charge in [-0.05, 0) is 35.0 Å². The Labute approximate surface area is 171 Å². The Morgan fingerprint density at radius 2 is 1.69 bits per heavy atom. The van der Waals surface area contributed by atoms with Gasteiger partial charge in [0.2, 0.25) is 0 Å². The molecular weight excluding hydrogens is 364 g/mol. The SMILES string of the molecule is COc1ccccc1C[NH+]1CCN(C(=O)COc2ccc3ccccc3c2)CC1. The Bertz CT molecular complexity index is 981. The van der Waals surface area contributed by atoms with Crippen LogP contribution in [0.15, 0.2) is 66.7 Å². The Morgan fingerprint density at radius 1 is 0.966 bits per heavy atom. The minimum absolute atomic E-state index is 0.0505. The number of fused-ring (bicyclic) bond motifs is 1. The van der Waals surface area contributed by atoms with Gasteiger partial charge in [0.05, 0.1) is 33.3 Å². The fourth-order valence-corrected chi connectivity index (χ4v) is 3.86. The van der Waals surface area contributed by atoms with Crippen molar-refractivity contribution in [2.24, 2.45) is 0 Å².